The van der Waals surface area contributed by atoms with Crippen molar-refractivity contribution in [1.29, 1.82) is 0 Å². The van der Waals surface area contributed by atoms with Crippen molar-refractivity contribution in [2.24, 2.45) is 0 Å². The minimum atomic E-state index is 0. The van der Waals surface area contributed by atoms with Gasteiger partial charge in [0, 0.05) is 1.43 Å². The number of hydrogen-bond donors (Lipinski definition) is 0. The smallest absolute Gasteiger partial charge is 0 e. The summed E-state index contributed by atoms with van der Waals surface area (Å²) in [5.41, 5.74) is 0. The van der Waals surface area contributed by atoms with E-state index in [1.54, 1.807) is 0 Å². The predicted octanol–water partition coefficient (Wildman–Crippen LogP) is 1.29. The van der Waals surface area contributed by atoms with Crippen LogP contribution in [0.5, 0.6) is 0 Å². The minimum Gasteiger partial charge on any atom is 0 e. The summed E-state index contributed by atoms with van der Waals surface area (Å²) in [6.07, 6.45) is 0. The van der Waals surface area contributed by atoms with E-state index in [1.165, 1.54) is 0 Å². The maximum atomic E-state index is 7.50. The van der Waals surface area contributed by atoms with Gasteiger partial charge in [-0.1, -0.05) is 22.3 Å². The number of hydrogen-bond acceptors (Lipinski definition) is 0. The zero-order chi connectivity index (χ0) is 2.00. The van der Waals surface area contributed by atoms with Crippen molar-refractivity contribution in [2.45, 2.75) is 22.3 Å². The van der Waals surface area contributed by atoms with Gasteiger partial charge in [0.2, 0.25) is 0 Å². The summed E-state index contributed by atoms with van der Waals surface area (Å²) in [5, 5.41) is 0. The van der Waals surface area contributed by atoms with Crippen molar-refractivity contribution >= 4 is 0 Å². The fourth-order valence-electron chi connectivity index (χ4n) is 0. The Morgan fingerprint density at radius 3 is 1.00 bits per heavy atom. The molecule has 0 spiro atoms. The van der Waals surface area contributed by atoms with Crippen LogP contribution in [0.1, 0.15) is 23.7 Å². The Hall–Kier alpha value is -0.300. The molecule has 2 heteroatoms. The van der Waals surface area contributed by atoms with Crippen molar-refractivity contribution in [3.8, 4) is 0 Å². The summed E-state index contributed by atoms with van der Waals surface area (Å²) in [7, 11) is 0. The molecule has 44 valence electrons. The van der Waals surface area contributed by atoms with Crippen LogP contribution in [0.25, 0.3) is 0 Å². The largest absolute Gasteiger partial charge is 0 e. The van der Waals surface area contributed by atoms with E-state index < -0.39 is 0 Å². The van der Waals surface area contributed by atoms with Gasteiger partial charge < -0.3 is 5.48 Å². The second kappa shape index (κ2) is 715. The van der Waals surface area contributed by atoms with Crippen LogP contribution in [0, 0.1) is 6.65 Å². The zero-order valence-electron chi connectivity index (χ0n) is 1.41. The summed E-state index contributed by atoms with van der Waals surface area (Å²) in [6, 6.07) is 0. The fraction of sp³-hybridized carbons (Fsp3) is 0.750. The molecule has 0 heterocycles. The molecular weight excluding hydrogens is 80.0 g/mol. The molecule has 0 unspecified atom stereocenters. The maximum Gasteiger partial charge on any atom is 0 e. The third-order valence-corrected chi connectivity index (χ3v) is 0. The van der Waals surface area contributed by atoms with E-state index in [1.807, 2.05) is 0 Å². The molecular formula is C4H16O2. The second-order valence-corrected chi connectivity index (χ2v) is 0. The van der Waals surface area contributed by atoms with E-state index in [-0.39, 0.29) is 29.2 Å². The van der Waals surface area contributed by atoms with Gasteiger partial charge in [0.1, 0.15) is 0 Å². The molecule has 0 atom stereocenters. The Balaban J connectivity index is -0.000000000500. The monoisotopic (exact) mass is 96.1 g/mol. The molecule has 0 aliphatic carbocycles. The van der Waals surface area contributed by atoms with Crippen LogP contribution >= 0.6 is 0 Å². The van der Waals surface area contributed by atoms with Crippen molar-refractivity contribution in [2.75, 3.05) is 0 Å². The molecule has 2 nitrogen and oxygen atoms in total. The second-order valence-electron chi connectivity index (χ2n) is 0. The van der Waals surface area contributed by atoms with Gasteiger partial charge in [0.25, 0.3) is 0 Å². The molecule has 0 aromatic heterocycles. The van der Waals surface area contributed by atoms with Crippen LogP contribution in [-0.2, 0) is 4.65 Å². The predicted molar refractivity (Wildman–Crippen MR) is 29.9 cm³/mol. The van der Waals surface area contributed by atoms with Gasteiger partial charge in [-0.05, 0) is 0 Å². The van der Waals surface area contributed by atoms with Crippen LogP contribution in [0.3, 0.4) is 0 Å². The molecule has 0 aromatic rings. The van der Waals surface area contributed by atoms with Gasteiger partial charge in [0.05, 0.1) is 0 Å². The Morgan fingerprint density at radius 2 is 1.00 bits per heavy atom. The normalized spacial score (nSPS) is 0.333. The molecule has 0 aliphatic heterocycles. The summed E-state index contributed by atoms with van der Waals surface area (Å²) in [5.74, 6) is 0. The molecule has 0 saturated carbocycles. The van der Waals surface area contributed by atoms with E-state index in [0.717, 1.165) is 0 Å². The average Bonchev–Trinajstić information content (AvgIpc) is 1.00. The molecule has 0 radical (unpaired) electrons. The van der Waals surface area contributed by atoms with Crippen LogP contribution in [0.4, 0.5) is 0 Å². The zero-order valence-corrected chi connectivity index (χ0v) is 1.41. The SMILES string of the molecule is C.C.C.O.[C-]#[O+].[HH]. The van der Waals surface area contributed by atoms with Crippen molar-refractivity contribution in [3.05, 3.63) is 6.65 Å². The van der Waals surface area contributed by atoms with Crippen LogP contribution in [0.15, 0.2) is 0 Å². The van der Waals surface area contributed by atoms with Crippen LogP contribution < -0.4 is 0 Å². The molecule has 2 N–H and O–H groups in total. The molecule has 0 bridgehead atoms. The molecule has 0 fully saturated rings. The van der Waals surface area contributed by atoms with E-state index in [0.29, 0.717) is 0 Å². The maximum absolute atomic E-state index is 7.50. The topological polar surface area (TPSA) is 51.4 Å². The van der Waals surface area contributed by atoms with E-state index in [4.69, 9.17) is 4.65 Å². The fourth-order valence-corrected chi connectivity index (χ4v) is 0. The molecule has 6 heavy (non-hydrogen) atoms. The van der Waals surface area contributed by atoms with Crippen LogP contribution in [-0.4, -0.2) is 5.48 Å². The van der Waals surface area contributed by atoms with E-state index in [9.17, 15) is 0 Å². The molecule has 0 aromatic carbocycles. The Kier molecular flexibility index (Phi) is 30600. The summed E-state index contributed by atoms with van der Waals surface area (Å²) >= 11 is 0. The first kappa shape index (κ1) is 257. The van der Waals surface area contributed by atoms with Crippen molar-refractivity contribution < 1.29 is 11.6 Å². The van der Waals surface area contributed by atoms with Gasteiger partial charge >= 0.3 is 11.3 Å². The molecule has 0 rings (SSSR count). The Morgan fingerprint density at radius 1 is 1.00 bits per heavy atom. The first-order valence-electron chi connectivity index (χ1n) is 0.204. The van der Waals surface area contributed by atoms with Gasteiger partial charge in [-0.15, -0.1) is 0 Å². The Bertz CT molecular complexity index is 14.4. The summed E-state index contributed by atoms with van der Waals surface area (Å²) in [6.45, 7) is 4.50. The Labute approximate surface area is 41.7 Å². The molecule has 0 saturated heterocycles. The first-order chi connectivity index (χ1) is 1.00. The standard InChI is InChI=1S/CO.3CH4.H2O.H2/c1-2;;;;;/h;3*1H4;1H2;1H. The minimum absolute atomic E-state index is 0. The van der Waals surface area contributed by atoms with Gasteiger partial charge in [0.15, 0.2) is 0 Å². The average molecular weight is 96.2 g/mol. The van der Waals surface area contributed by atoms with E-state index >= 15 is 0 Å². The first-order valence-corrected chi connectivity index (χ1v) is 0.204. The molecule has 0 amide bonds. The summed E-state index contributed by atoms with van der Waals surface area (Å²) in [4.78, 5) is 0. The number of rotatable bonds is 0. The molecule has 0 aliphatic rings. The van der Waals surface area contributed by atoms with E-state index in [2.05, 4.69) is 6.65 Å². The van der Waals surface area contributed by atoms with Crippen LogP contribution in [0.2, 0.25) is 0 Å². The van der Waals surface area contributed by atoms with Gasteiger partial charge in [-0.3, -0.25) is 0 Å². The van der Waals surface area contributed by atoms with Gasteiger partial charge in [-0.25, -0.2) is 0 Å². The van der Waals surface area contributed by atoms with Crippen molar-refractivity contribution in [1.82, 2.24) is 0 Å². The third kappa shape index (κ3) is 300. The van der Waals surface area contributed by atoms with Gasteiger partial charge in [-0.2, -0.15) is 0 Å². The third-order valence-electron chi connectivity index (χ3n) is 0. The van der Waals surface area contributed by atoms with Crippen molar-refractivity contribution in [3.63, 3.8) is 0 Å². The quantitative estimate of drug-likeness (QED) is 0.322. The summed E-state index contributed by atoms with van der Waals surface area (Å²) < 4.78 is 7.50.